The molecule has 0 aliphatic carbocycles. The van der Waals surface area contributed by atoms with Gasteiger partial charge in [0.05, 0.1) is 18.4 Å². The number of anilines is 2. The highest BCUT2D eigenvalue weighted by molar-refractivity contribution is 7.20. The number of rotatable bonds is 4. The van der Waals surface area contributed by atoms with E-state index in [4.69, 9.17) is 4.52 Å². The van der Waals surface area contributed by atoms with Crippen LogP contribution in [-0.4, -0.2) is 63.3 Å². The van der Waals surface area contributed by atoms with Crippen molar-refractivity contribution in [3.05, 3.63) is 23.7 Å². The molecule has 1 saturated heterocycles. The van der Waals surface area contributed by atoms with Gasteiger partial charge >= 0.3 is 0 Å². The Balaban J connectivity index is 1.30. The van der Waals surface area contributed by atoms with Gasteiger partial charge in [-0.25, -0.2) is 9.50 Å². The van der Waals surface area contributed by atoms with Gasteiger partial charge in [-0.3, -0.25) is 9.69 Å². The zero-order valence-electron chi connectivity index (χ0n) is 14.1. The van der Waals surface area contributed by atoms with Gasteiger partial charge in [0, 0.05) is 32.2 Å². The van der Waals surface area contributed by atoms with Crippen LogP contribution in [0.15, 0.2) is 16.8 Å². The average molecular weight is 361 g/mol. The molecule has 1 N–H and O–H groups in total. The van der Waals surface area contributed by atoms with Crippen LogP contribution in [0.3, 0.4) is 0 Å². The number of hydrogen-bond acceptors (Lipinski definition) is 8. The van der Waals surface area contributed by atoms with Crippen molar-refractivity contribution >= 4 is 33.2 Å². The molecule has 1 amide bonds. The fourth-order valence-corrected chi connectivity index (χ4v) is 3.81. The molecule has 10 heteroatoms. The van der Waals surface area contributed by atoms with Gasteiger partial charge in [0.2, 0.25) is 16.0 Å². The number of imidazole rings is 1. The first kappa shape index (κ1) is 16.0. The van der Waals surface area contributed by atoms with Gasteiger partial charge in [-0.1, -0.05) is 16.5 Å². The van der Waals surface area contributed by atoms with E-state index in [-0.39, 0.29) is 5.91 Å². The summed E-state index contributed by atoms with van der Waals surface area (Å²) in [6.07, 6.45) is 1.93. The molecule has 1 fully saturated rings. The molecule has 0 saturated carbocycles. The summed E-state index contributed by atoms with van der Waals surface area (Å²) in [5.41, 5.74) is 0.975. The fourth-order valence-electron chi connectivity index (χ4n) is 2.83. The van der Waals surface area contributed by atoms with Crippen LogP contribution in [0.5, 0.6) is 0 Å². The molecule has 3 aromatic heterocycles. The van der Waals surface area contributed by atoms with Gasteiger partial charge in [0.1, 0.15) is 5.76 Å². The smallest absolute Gasteiger partial charge is 0.239 e. The van der Waals surface area contributed by atoms with E-state index in [1.165, 1.54) is 0 Å². The van der Waals surface area contributed by atoms with Crippen molar-refractivity contribution < 1.29 is 9.32 Å². The molecule has 0 spiro atoms. The Morgan fingerprint density at radius 3 is 2.80 bits per heavy atom. The standard InChI is InChI=1S/C15H19N7O2S/c1-10-8-22-14(16-10)25-15(18-22)21-5-3-20(4-6-21)9-13(23)17-12-7-11(2)24-19-12/h7-8H,3-6,9H2,1-2H3,(H,17,19,23). The highest BCUT2D eigenvalue weighted by Gasteiger charge is 2.22. The Morgan fingerprint density at radius 2 is 2.12 bits per heavy atom. The average Bonchev–Trinajstić information content (AvgIpc) is 3.22. The molecule has 0 radical (unpaired) electrons. The van der Waals surface area contributed by atoms with E-state index < -0.39 is 0 Å². The summed E-state index contributed by atoms with van der Waals surface area (Å²) in [7, 11) is 0. The van der Waals surface area contributed by atoms with E-state index in [9.17, 15) is 4.79 Å². The van der Waals surface area contributed by atoms with Gasteiger partial charge in [-0.2, -0.15) is 0 Å². The molecule has 3 aromatic rings. The fraction of sp³-hybridized carbons (Fsp3) is 0.467. The Morgan fingerprint density at radius 1 is 1.32 bits per heavy atom. The Labute approximate surface area is 148 Å². The first-order valence-corrected chi connectivity index (χ1v) is 8.92. The van der Waals surface area contributed by atoms with Crippen LogP contribution in [0.4, 0.5) is 10.9 Å². The molecule has 0 atom stereocenters. The summed E-state index contributed by atoms with van der Waals surface area (Å²) in [5, 5.41) is 12.1. The second kappa shape index (κ2) is 6.45. The third kappa shape index (κ3) is 3.49. The van der Waals surface area contributed by atoms with Gasteiger partial charge in [-0.15, -0.1) is 5.10 Å². The Bertz CT molecular complexity index is 859. The normalized spacial score (nSPS) is 15.8. The molecule has 0 aromatic carbocycles. The van der Waals surface area contributed by atoms with Crippen LogP contribution < -0.4 is 10.2 Å². The van der Waals surface area contributed by atoms with Crippen molar-refractivity contribution in [2.45, 2.75) is 13.8 Å². The third-order valence-electron chi connectivity index (χ3n) is 4.06. The largest absolute Gasteiger partial charge is 0.360 e. The number of amides is 1. The minimum atomic E-state index is -0.0788. The van der Waals surface area contributed by atoms with Crippen LogP contribution in [0.1, 0.15) is 11.5 Å². The van der Waals surface area contributed by atoms with Crippen LogP contribution in [0.2, 0.25) is 0 Å². The highest BCUT2D eigenvalue weighted by atomic mass is 32.1. The third-order valence-corrected chi connectivity index (χ3v) is 5.04. The number of nitrogens with zero attached hydrogens (tertiary/aromatic N) is 6. The molecule has 9 nitrogen and oxygen atoms in total. The maximum absolute atomic E-state index is 12.1. The van der Waals surface area contributed by atoms with Crippen molar-refractivity contribution in [3.8, 4) is 0 Å². The van der Waals surface area contributed by atoms with E-state index in [1.807, 2.05) is 17.6 Å². The molecule has 1 aliphatic rings. The van der Waals surface area contributed by atoms with Crippen molar-refractivity contribution in [2.75, 3.05) is 42.9 Å². The summed E-state index contributed by atoms with van der Waals surface area (Å²) in [6.45, 7) is 7.40. The molecule has 0 unspecified atom stereocenters. The number of carbonyl (C=O) groups is 1. The molecule has 4 rings (SSSR count). The van der Waals surface area contributed by atoms with Crippen molar-refractivity contribution in [2.24, 2.45) is 0 Å². The summed E-state index contributed by atoms with van der Waals surface area (Å²) >= 11 is 1.59. The van der Waals surface area contributed by atoms with Crippen molar-refractivity contribution in [1.82, 2.24) is 24.7 Å². The lowest BCUT2D eigenvalue weighted by molar-refractivity contribution is -0.117. The number of carbonyl (C=O) groups excluding carboxylic acids is 1. The van der Waals surface area contributed by atoms with E-state index in [0.29, 0.717) is 18.1 Å². The molecule has 1 aliphatic heterocycles. The van der Waals surface area contributed by atoms with Gasteiger partial charge in [0.15, 0.2) is 5.82 Å². The molecule has 0 bridgehead atoms. The lowest BCUT2D eigenvalue weighted by Crippen LogP contribution is -2.48. The monoisotopic (exact) mass is 361 g/mol. The number of fused-ring (bicyclic) bond motifs is 1. The summed E-state index contributed by atoms with van der Waals surface area (Å²) < 4.78 is 6.77. The molecular weight excluding hydrogens is 342 g/mol. The van der Waals surface area contributed by atoms with Crippen LogP contribution in [-0.2, 0) is 4.79 Å². The number of aromatic nitrogens is 4. The lowest BCUT2D eigenvalue weighted by atomic mass is 10.3. The SMILES string of the molecule is Cc1cn2nc(N3CCN(CC(=O)Nc4cc(C)on4)CC3)sc2n1. The zero-order chi connectivity index (χ0) is 17.4. The minimum absolute atomic E-state index is 0.0788. The Hall–Kier alpha value is -2.46. The topological polar surface area (TPSA) is 91.8 Å². The maximum atomic E-state index is 12.1. The van der Waals surface area contributed by atoms with E-state index >= 15 is 0 Å². The van der Waals surface area contributed by atoms with Gasteiger partial charge < -0.3 is 14.7 Å². The Kier molecular flexibility index (Phi) is 4.14. The van der Waals surface area contributed by atoms with Gasteiger partial charge in [-0.05, 0) is 13.8 Å². The second-order valence-corrected chi connectivity index (χ2v) is 7.06. The highest BCUT2D eigenvalue weighted by Crippen LogP contribution is 2.24. The van der Waals surface area contributed by atoms with Crippen molar-refractivity contribution in [1.29, 1.82) is 0 Å². The van der Waals surface area contributed by atoms with Crippen molar-refractivity contribution in [3.63, 3.8) is 0 Å². The number of hydrogen-bond donors (Lipinski definition) is 1. The molecule has 4 heterocycles. The molecular formula is C15H19N7O2S. The van der Waals surface area contributed by atoms with E-state index in [1.54, 1.807) is 24.3 Å². The predicted molar refractivity (Wildman–Crippen MR) is 94.1 cm³/mol. The number of aryl methyl sites for hydroxylation is 2. The van der Waals surface area contributed by atoms with Crippen LogP contribution in [0.25, 0.3) is 4.96 Å². The van der Waals surface area contributed by atoms with Crippen LogP contribution >= 0.6 is 11.3 Å². The van der Waals surface area contributed by atoms with Gasteiger partial charge in [0.25, 0.3) is 0 Å². The van der Waals surface area contributed by atoms with Crippen LogP contribution in [0, 0.1) is 13.8 Å². The van der Waals surface area contributed by atoms with E-state index in [0.717, 1.165) is 42.0 Å². The first-order chi connectivity index (χ1) is 12.1. The number of piperazine rings is 1. The lowest BCUT2D eigenvalue weighted by Gasteiger charge is -2.33. The predicted octanol–water partition coefficient (Wildman–Crippen LogP) is 1.16. The zero-order valence-corrected chi connectivity index (χ0v) is 14.9. The molecule has 25 heavy (non-hydrogen) atoms. The summed E-state index contributed by atoms with van der Waals surface area (Å²) in [5.74, 6) is 1.06. The first-order valence-electron chi connectivity index (χ1n) is 8.10. The maximum Gasteiger partial charge on any atom is 0.239 e. The summed E-state index contributed by atoms with van der Waals surface area (Å²) in [6, 6.07) is 1.70. The second-order valence-electron chi connectivity index (χ2n) is 6.13. The summed E-state index contributed by atoms with van der Waals surface area (Å²) in [4.78, 5) is 21.8. The minimum Gasteiger partial charge on any atom is -0.360 e. The molecule has 132 valence electrons. The quantitative estimate of drug-likeness (QED) is 0.745. The number of nitrogens with one attached hydrogen (secondary N) is 1. The van der Waals surface area contributed by atoms with E-state index in [2.05, 4.69) is 30.4 Å².